The van der Waals surface area contributed by atoms with E-state index in [-0.39, 0.29) is 5.56 Å². The lowest BCUT2D eigenvalue weighted by molar-refractivity contribution is 0.516. The molecule has 0 bridgehead atoms. The minimum absolute atomic E-state index is 0.220. The lowest BCUT2D eigenvalue weighted by Gasteiger charge is -2.08. The fourth-order valence-electron chi connectivity index (χ4n) is 1.20. The zero-order valence-electron chi connectivity index (χ0n) is 8.29. The SMILES string of the molecule is CC(N)c1cc(F)c(S(C)(=O)=O)c(F)c1. The van der Waals surface area contributed by atoms with E-state index in [1.807, 2.05) is 0 Å². The molecule has 1 atom stereocenters. The van der Waals surface area contributed by atoms with Crippen molar-refractivity contribution in [2.45, 2.75) is 17.9 Å². The predicted octanol–water partition coefficient (Wildman–Crippen LogP) is 1.39. The summed E-state index contributed by atoms with van der Waals surface area (Å²) in [4.78, 5) is -0.910. The summed E-state index contributed by atoms with van der Waals surface area (Å²) in [6.07, 6.45) is 0.750. The number of hydrogen-bond donors (Lipinski definition) is 1. The van der Waals surface area contributed by atoms with Gasteiger partial charge in [0.25, 0.3) is 0 Å². The van der Waals surface area contributed by atoms with Crippen LogP contribution < -0.4 is 5.73 Å². The summed E-state index contributed by atoms with van der Waals surface area (Å²) in [6.45, 7) is 1.55. The van der Waals surface area contributed by atoms with Crippen LogP contribution >= 0.6 is 0 Å². The fraction of sp³-hybridized carbons (Fsp3) is 0.333. The molecule has 0 heterocycles. The van der Waals surface area contributed by atoms with Gasteiger partial charge < -0.3 is 5.73 Å². The lowest BCUT2D eigenvalue weighted by Crippen LogP contribution is -2.10. The summed E-state index contributed by atoms with van der Waals surface area (Å²) in [6, 6.07) is 1.32. The van der Waals surface area contributed by atoms with Crippen LogP contribution in [0.1, 0.15) is 18.5 Å². The van der Waals surface area contributed by atoms with Crippen molar-refractivity contribution in [3.63, 3.8) is 0 Å². The molecule has 0 aliphatic rings. The van der Waals surface area contributed by atoms with Gasteiger partial charge in [-0.2, -0.15) is 0 Å². The molecular formula is C9H11F2NO2S. The Hall–Kier alpha value is -1.01. The summed E-state index contributed by atoms with van der Waals surface area (Å²) in [5, 5.41) is 0. The summed E-state index contributed by atoms with van der Waals surface area (Å²) in [7, 11) is -3.90. The molecule has 1 aromatic rings. The largest absolute Gasteiger partial charge is 0.324 e. The molecule has 2 N–H and O–H groups in total. The molecule has 0 spiro atoms. The summed E-state index contributed by atoms with van der Waals surface area (Å²) >= 11 is 0. The molecule has 84 valence electrons. The summed E-state index contributed by atoms with van der Waals surface area (Å²) in [5.74, 6) is -2.21. The number of sulfone groups is 1. The lowest BCUT2D eigenvalue weighted by atomic mass is 10.1. The van der Waals surface area contributed by atoms with Crippen LogP contribution in [-0.4, -0.2) is 14.7 Å². The zero-order chi connectivity index (χ0) is 11.8. The van der Waals surface area contributed by atoms with E-state index in [0.29, 0.717) is 0 Å². The second-order valence-electron chi connectivity index (χ2n) is 3.37. The van der Waals surface area contributed by atoms with Crippen LogP contribution in [0.15, 0.2) is 17.0 Å². The van der Waals surface area contributed by atoms with Crippen LogP contribution in [0.3, 0.4) is 0 Å². The highest BCUT2D eigenvalue weighted by atomic mass is 32.2. The first-order chi connectivity index (χ1) is 6.73. The van der Waals surface area contributed by atoms with Gasteiger partial charge in [-0.3, -0.25) is 0 Å². The Morgan fingerprint density at radius 1 is 1.27 bits per heavy atom. The third-order valence-electron chi connectivity index (χ3n) is 1.92. The van der Waals surface area contributed by atoms with E-state index in [4.69, 9.17) is 5.73 Å². The Balaban J connectivity index is 3.48. The van der Waals surface area contributed by atoms with Crippen LogP contribution in [-0.2, 0) is 9.84 Å². The Labute approximate surface area is 86.8 Å². The second-order valence-corrected chi connectivity index (χ2v) is 5.33. The molecule has 1 aromatic carbocycles. The van der Waals surface area contributed by atoms with Crippen molar-refractivity contribution < 1.29 is 17.2 Å². The Kier molecular flexibility index (Phi) is 3.11. The molecule has 0 aromatic heterocycles. The average molecular weight is 235 g/mol. The number of benzene rings is 1. The van der Waals surface area contributed by atoms with Crippen molar-refractivity contribution in [2.75, 3.05) is 6.26 Å². The fourth-order valence-corrected chi connectivity index (χ4v) is 2.02. The van der Waals surface area contributed by atoms with Crippen LogP contribution in [0.5, 0.6) is 0 Å². The Morgan fingerprint density at radius 3 is 1.93 bits per heavy atom. The maximum Gasteiger partial charge on any atom is 0.181 e. The first-order valence-corrected chi connectivity index (χ1v) is 6.07. The van der Waals surface area contributed by atoms with Gasteiger partial charge in [0, 0.05) is 12.3 Å². The number of halogens is 2. The van der Waals surface area contributed by atoms with Crippen molar-refractivity contribution in [3.8, 4) is 0 Å². The maximum absolute atomic E-state index is 13.3. The smallest absolute Gasteiger partial charge is 0.181 e. The van der Waals surface area contributed by atoms with Crippen LogP contribution in [0.4, 0.5) is 8.78 Å². The van der Waals surface area contributed by atoms with Gasteiger partial charge in [-0.25, -0.2) is 17.2 Å². The topological polar surface area (TPSA) is 60.2 Å². The average Bonchev–Trinajstić information content (AvgIpc) is 1.99. The molecule has 15 heavy (non-hydrogen) atoms. The highest BCUT2D eigenvalue weighted by Crippen LogP contribution is 2.22. The minimum atomic E-state index is -3.90. The number of rotatable bonds is 2. The molecule has 0 aliphatic heterocycles. The number of hydrogen-bond acceptors (Lipinski definition) is 3. The highest BCUT2D eigenvalue weighted by molar-refractivity contribution is 7.90. The van der Waals surface area contributed by atoms with Gasteiger partial charge in [-0.05, 0) is 24.6 Å². The Morgan fingerprint density at radius 2 is 1.67 bits per heavy atom. The molecule has 0 fully saturated rings. The predicted molar refractivity (Wildman–Crippen MR) is 52.1 cm³/mol. The quantitative estimate of drug-likeness (QED) is 0.842. The molecular weight excluding hydrogens is 224 g/mol. The van der Waals surface area contributed by atoms with Gasteiger partial charge in [-0.1, -0.05) is 0 Å². The van der Waals surface area contributed by atoms with Crippen molar-refractivity contribution in [1.29, 1.82) is 0 Å². The first-order valence-electron chi connectivity index (χ1n) is 4.18. The van der Waals surface area contributed by atoms with Crippen molar-refractivity contribution in [1.82, 2.24) is 0 Å². The summed E-state index contributed by atoms with van der Waals surface area (Å²) in [5.41, 5.74) is 5.65. The monoisotopic (exact) mass is 235 g/mol. The van der Waals surface area contributed by atoms with Crippen LogP contribution in [0.2, 0.25) is 0 Å². The van der Waals surface area contributed by atoms with E-state index in [9.17, 15) is 17.2 Å². The molecule has 0 saturated heterocycles. The van der Waals surface area contributed by atoms with E-state index in [1.54, 1.807) is 6.92 Å². The van der Waals surface area contributed by atoms with Gasteiger partial charge >= 0.3 is 0 Å². The van der Waals surface area contributed by atoms with Crippen molar-refractivity contribution in [3.05, 3.63) is 29.3 Å². The van der Waals surface area contributed by atoms with E-state index < -0.39 is 32.4 Å². The summed E-state index contributed by atoms with van der Waals surface area (Å²) < 4.78 is 48.7. The van der Waals surface area contributed by atoms with Gasteiger partial charge in [0.2, 0.25) is 0 Å². The third-order valence-corrected chi connectivity index (χ3v) is 3.05. The van der Waals surface area contributed by atoms with Crippen molar-refractivity contribution in [2.24, 2.45) is 5.73 Å². The first kappa shape index (κ1) is 12.1. The van der Waals surface area contributed by atoms with Gasteiger partial charge in [0.05, 0.1) is 0 Å². The Bertz CT molecular complexity index is 460. The van der Waals surface area contributed by atoms with Gasteiger partial charge in [0.1, 0.15) is 16.5 Å². The van der Waals surface area contributed by atoms with Gasteiger partial charge in [0.15, 0.2) is 9.84 Å². The van der Waals surface area contributed by atoms with E-state index in [2.05, 4.69) is 0 Å². The minimum Gasteiger partial charge on any atom is -0.324 e. The molecule has 0 saturated carbocycles. The van der Waals surface area contributed by atoms with Gasteiger partial charge in [-0.15, -0.1) is 0 Å². The highest BCUT2D eigenvalue weighted by Gasteiger charge is 2.21. The molecule has 0 amide bonds. The third kappa shape index (κ3) is 2.51. The van der Waals surface area contributed by atoms with E-state index >= 15 is 0 Å². The normalized spacial score (nSPS) is 13.9. The standard InChI is InChI=1S/C9H11F2NO2S/c1-5(12)6-3-7(10)9(8(11)4-6)15(2,13)14/h3-5H,12H2,1-2H3. The molecule has 1 rings (SSSR count). The van der Waals surface area contributed by atoms with Crippen LogP contribution in [0.25, 0.3) is 0 Å². The molecule has 3 nitrogen and oxygen atoms in total. The van der Waals surface area contributed by atoms with E-state index in [0.717, 1.165) is 18.4 Å². The van der Waals surface area contributed by atoms with Crippen LogP contribution in [0, 0.1) is 11.6 Å². The molecule has 1 unspecified atom stereocenters. The molecule has 0 aliphatic carbocycles. The maximum atomic E-state index is 13.3. The van der Waals surface area contributed by atoms with Crippen molar-refractivity contribution >= 4 is 9.84 Å². The van der Waals surface area contributed by atoms with E-state index in [1.165, 1.54) is 0 Å². The molecule has 0 radical (unpaired) electrons. The zero-order valence-corrected chi connectivity index (χ0v) is 9.11. The number of nitrogens with two attached hydrogens (primary N) is 1. The molecule has 6 heteroatoms. The second kappa shape index (κ2) is 3.86.